The number of hydrogen-bond donors (Lipinski definition) is 1. The molecule has 0 saturated carbocycles. The highest BCUT2D eigenvalue weighted by atomic mass is 35.5. The molecule has 0 aliphatic rings. The van der Waals surface area contributed by atoms with E-state index in [0.717, 1.165) is 11.1 Å². The molecule has 0 aliphatic heterocycles. The summed E-state index contributed by atoms with van der Waals surface area (Å²) in [6, 6.07) is 5.02. The molecule has 1 unspecified atom stereocenters. The Hall–Kier alpha value is -1.39. The Morgan fingerprint density at radius 3 is 2.76 bits per heavy atom. The smallest absolute Gasteiger partial charge is 0.288 e. The van der Waals surface area contributed by atoms with Gasteiger partial charge in [-0.2, -0.15) is 0 Å². The molecule has 0 aliphatic carbocycles. The first-order chi connectivity index (χ1) is 7.95. The normalized spacial score (nSPS) is 13.5. The van der Waals surface area contributed by atoms with Crippen LogP contribution in [0, 0.1) is 10.1 Å². The van der Waals surface area contributed by atoms with Gasteiger partial charge in [0.05, 0.1) is 4.92 Å². The second-order valence-corrected chi connectivity index (χ2v) is 4.27. The van der Waals surface area contributed by atoms with Crippen LogP contribution in [0.2, 0.25) is 5.02 Å². The molecule has 0 spiro atoms. The van der Waals surface area contributed by atoms with Gasteiger partial charge < -0.3 is 5.32 Å². The zero-order chi connectivity index (χ0) is 13.0. The van der Waals surface area contributed by atoms with Gasteiger partial charge in [-0.05, 0) is 32.5 Å². The Morgan fingerprint density at radius 2 is 2.24 bits per heavy atom. The van der Waals surface area contributed by atoms with E-state index in [1.807, 2.05) is 27.0 Å². The first-order valence-corrected chi connectivity index (χ1v) is 5.63. The fraction of sp³-hybridized carbons (Fsp3) is 0.333. The number of rotatable bonds is 4. The molecule has 5 heteroatoms. The van der Waals surface area contributed by atoms with Crippen molar-refractivity contribution in [2.45, 2.75) is 19.9 Å². The van der Waals surface area contributed by atoms with Gasteiger partial charge in [0.15, 0.2) is 0 Å². The summed E-state index contributed by atoms with van der Waals surface area (Å²) < 4.78 is 0. The SMILES string of the molecule is CNC(C)/C(C)=C/c1ccc(Cl)c([N+](=O)[O-])c1. The van der Waals surface area contributed by atoms with Crippen LogP contribution in [0.1, 0.15) is 19.4 Å². The number of nitro benzene ring substituents is 1. The van der Waals surface area contributed by atoms with Crippen LogP contribution in [0.25, 0.3) is 6.08 Å². The van der Waals surface area contributed by atoms with E-state index in [9.17, 15) is 10.1 Å². The van der Waals surface area contributed by atoms with Gasteiger partial charge in [0.2, 0.25) is 0 Å². The zero-order valence-corrected chi connectivity index (χ0v) is 10.8. The van der Waals surface area contributed by atoms with Crippen LogP contribution in [0.3, 0.4) is 0 Å². The maximum absolute atomic E-state index is 10.7. The fourth-order valence-electron chi connectivity index (χ4n) is 1.37. The Bertz CT molecular complexity index is 458. The number of nitrogens with one attached hydrogen (secondary N) is 1. The van der Waals surface area contributed by atoms with Crippen molar-refractivity contribution in [1.29, 1.82) is 0 Å². The van der Waals surface area contributed by atoms with Gasteiger partial charge in [0.1, 0.15) is 5.02 Å². The van der Waals surface area contributed by atoms with Crippen molar-refractivity contribution < 1.29 is 4.92 Å². The molecule has 0 heterocycles. The van der Waals surface area contributed by atoms with Gasteiger partial charge in [0.25, 0.3) is 5.69 Å². The molecular formula is C12H15ClN2O2. The third kappa shape index (κ3) is 3.54. The Morgan fingerprint density at radius 1 is 1.59 bits per heavy atom. The highest BCUT2D eigenvalue weighted by molar-refractivity contribution is 6.32. The molecule has 1 aromatic carbocycles. The highest BCUT2D eigenvalue weighted by Crippen LogP contribution is 2.26. The van der Waals surface area contributed by atoms with Crippen LogP contribution < -0.4 is 5.32 Å². The maximum Gasteiger partial charge on any atom is 0.288 e. The van der Waals surface area contributed by atoms with Crippen molar-refractivity contribution in [2.75, 3.05) is 7.05 Å². The lowest BCUT2D eigenvalue weighted by Crippen LogP contribution is -2.21. The number of likely N-dealkylation sites (N-methyl/N-ethyl adjacent to an activating group) is 1. The lowest BCUT2D eigenvalue weighted by Gasteiger charge is -2.10. The minimum atomic E-state index is -0.476. The van der Waals surface area contributed by atoms with E-state index in [1.165, 1.54) is 6.07 Å². The molecule has 92 valence electrons. The van der Waals surface area contributed by atoms with E-state index in [4.69, 9.17) is 11.6 Å². The summed E-state index contributed by atoms with van der Waals surface area (Å²) >= 11 is 5.74. The van der Waals surface area contributed by atoms with Crippen molar-refractivity contribution in [2.24, 2.45) is 0 Å². The summed E-state index contributed by atoms with van der Waals surface area (Å²) in [7, 11) is 1.87. The van der Waals surface area contributed by atoms with Crippen LogP contribution in [0.15, 0.2) is 23.8 Å². The van der Waals surface area contributed by atoms with E-state index < -0.39 is 4.92 Å². The third-order valence-electron chi connectivity index (χ3n) is 2.68. The molecule has 1 atom stereocenters. The van der Waals surface area contributed by atoms with Crippen LogP contribution in [-0.2, 0) is 0 Å². The van der Waals surface area contributed by atoms with Gasteiger partial charge in [-0.15, -0.1) is 0 Å². The first-order valence-electron chi connectivity index (χ1n) is 5.25. The van der Waals surface area contributed by atoms with Crippen molar-refractivity contribution in [3.63, 3.8) is 0 Å². The molecule has 0 bridgehead atoms. The maximum atomic E-state index is 10.7. The van der Waals surface area contributed by atoms with Gasteiger partial charge in [-0.25, -0.2) is 0 Å². The highest BCUT2D eigenvalue weighted by Gasteiger charge is 2.12. The molecule has 0 saturated heterocycles. The molecular weight excluding hydrogens is 240 g/mol. The summed E-state index contributed by atoms with van der Waals surface area (Å²) in [5.41, 5.74) is 1.81. The summed E-state index contributed by atoms with van der Waals surface area (Å²) in [5, 5.41) is 14.0. The fourth-order valence-corrected chi connectivity index (χ4v) is 1.56. The Labute approximate surface area is 105 Å². The summed E-state index contributed by atoms with van der Waals surface area (Å²) in [5.74, 6) is 0. The summed E-state index contributed by atoms with van der Waals surface area (Å²) in [4.78, 5) is 10.3. The van der Waals surface area contributed by atoms with Crippen LogP contribution in [0.5, 0.6) is 0 Å². The number of benzene rings is 1. The van der Waals surface area contributed by atoms with Crippen LogP contribution in [-0.4, -0.2) is 18.0 Å². The number of nitro groups is 1. The van der Waals surface area contributed by atoms with Crippen LogP contribution >= 0.6 is 11.6 Å². The van der Waals surface area contributed by atoms with E-state index in [1.54, 1.807) is 12.1 Å². The number of nitrogens with zero attached hydrogens (tertiary/aromatic N) is 1. The van der Waals surface area contributed by atoms with Gasteiger partial charge >= 0.3 is 0 Å². The van der Waals surface area contributed by atoms with Crippen LogP contribution in [0.4, 0.5) is 5.69 Å². The Balaban J connectivity index is 3.09. The molecule has 1 rings (SSSR count). The monoisotopic (exact) mass is 254 g/mol. The van der Waals surface area contributed by atoms with Crippen molar-refractivity contribution in [1.82, 2.24) is 5.32 Å². The quantitative estimate of drug-likeness (QED) is 0.663. The predicted octanol–water partition coefficient (Wildman–Crippen LogP) is 3.26. The Kier molecular flexibility index (Phi) is 4.66. The van der Waals surface area contributed by atoms with E-state index >= 15 is 0 Å². The third-order valence-corrected chi connectivity index (χ3v) is 3.00. The average molecular weight is 255 g/mol. The van der Waals surface area contributed by atoms with Crippen molar-refractivity contribution in [3.8, 4) is 0 Å². The predicted molar refractivity (Wildman–Crippen MR) is 70.3 cm³/mol. The van der Waals surface area contributed by atoms with E-state index in [2.05, 4.69) is 5.32 Å². The molecule has 1 N–H and O–H groups in total. The van der Waals surface area contributed by atoms with Gasteiger partial charge in [0, 0.05) is 12.1 Å². The number of hydrogen-bond acceptors (Lipinski definition) is 3. The largest absolute Gasteiger partial charge is 0.314 e. The van der Waals surface area contributed by atoms with Gasteiger partial charge in [-0.3, -0.25) is 10.1 Å². The molecule has 17 heavy (non-hydrogen) atoms. The minimum Gasteiger partial charge on any atom is -0.314 e. The second kappa shape index (κ2) is 5.80. The van der Waals surface area contributed by atoms with E-state index in [0.29, 0.717) is 0 Å². The first kappa shape index (κ1) is 13.7. The number of halogens is 1. The van der Waals surface area contributed by atoms with Crippen molar-refractivity contribution >= 4 is 23.4 Å². The molecule has 0 amide bonds. The lowest BCUT2D eigenvalue weighted by atomic mass is 10.1. The van der Waals surface area contributed by atoms with Gasteiger partial charge in [-0.1, -0.05) is 29.3 Å². The molecule has 0 fully saturated rings. The zero-order valence-electron chi connectivity index (χ0n) is 10.0. The standard InChI is InChI=1S/C12H15ClN2O2/c1-8(9(2)14-3)6-10-4-5-11(13)12(7-10)15(16)17/h4-7,9,14H,1-3H3/b8-6+. The molecule has 1 aromatic rings. The molecule has 0 radical (unpaired) electrons. The van der Waals surface area contributed by atoms with E-state index in [-0.39, 0.29) is 16.8 Å². The molecule has 4 nitrogen and oxygen atoms in total. The van der Waals surface area contributed by atoms with Crippen molar-refractivity contribution in [3.05, 3.63) is 44.5 Å². The average Bonchev–Trinajstić information content (AvgIpc) is 2.30. The summed E-state index contributed by atoms with van der Waals surface area (Å²) in [6.07, 6.45) is 1.91. The second-order valence-electron chi connectivity index (χ2n) is 3.87. The lowest BCUT2D eigenvalue weighted by molar-refractivity contribution is -0.384. The topological polar surface area (TPSA) is 55.2 Å². The minimum absolute atomic E-state index is 0.0645. The molecule has 0 aromatic heterocycles. The summed E-state index contributed by atoms with van der Waals surface area (Å²) in [6.45, 7) is 4.00.